The Morgan fingerprint density at radius 1 is 1.32 bits per heavy atom. The molecule has 1 saturated heterocycles. The minimum absolute atomic E-state index is 0.0148. The number of aryl methyl sites for hydroxylation is 1. The molecule has 1 aromatic rings. The van der Waals surface area contributed by atoms with Crippen LogP contribution >= 0.6 is 15.9 Å². The molecule has 1 aliphatic carbocycles. The third-order valence-corrected chi connectivity index (χ3v) is 5.14. The second-order valence-corrected chi connectivity index (χ2v) is 6.98. The van der Waals surface area contributed by atoms with Crippen molar-refractivity contribution in [2.75, 3.05) is 39.8 Å². The molecule has 0 atom stereocenters. The molecule has 1 saturated carbocycles. The molecule has 0 spiro atoms. The zero-order valence-electron chi connectivity index (χ0n) is 13.2. The Hall–Kier alpha value is -1.08. The molecule has 3 rings (SSSR count). The minimum atomic E-state index is -0.0148. The van der Waals surface area contributed by atoms with Crippen LogP contribution in [0.2, 0.25) is 0 Å². The number of halogens is 1. The average Bonchev–Trinajstić information content (AvgIpc) is 3.29. The molecule has 7 heteroatoms. The van der Waals surface area contributed by atoms with Crippen molar-refractivity contribution in [1.29, 1.82) is 0 Å². The predicted molar refractivity (Wildman–Crippen MR) is 87.1 cm³/mol. The molecular weight excluding hydrogens is 348 g/mol. The Morgan fingerprint density at radius 2 is 2.09 bits per heavy atom. The fourth-order valence-electron chi connectivity index (χ4n) is 3.01. The highest BCUT2D eigenvalue weighted by molar-refractivity contribution is 9.10. The Balaban J connectivity index is 1.66. The summed E-state index contributed by atoms with van der Waals surface area (Å²) in [5.74, 6) is 1.46. The van der Waals surface area contributed by atoms with Gasteiger partial charge in [-0.3, -0.25) is 4.79 Å². The topological polar surface area (TPSA) is 50.6 Å². The van der Waals surface area contributed by atoms with E-state index in [2.05, 4.69) is 25.9 Å². The van der Waals surface area contributed by atoms with E-state index in [9.17, 15) is 4.79 Å². The summed E-state index contributed by atoms with van der Waals surface area (Å²) < 4.78 is 7.49. The van der Waals surface area contributed by atoms with Crippen LogP contribution < -0.4 is 4.74 Å². The van der Waals surface area contributed by atoms with Gasteiger partial charge in [0.2, 0.25) is 5.88 Å². The van der Waals surface area contributed by atoms with E-state index in [0.29, 0.717) is 16.0 Å². The molecule has 0 bridgehead atoms. The van der Waals surface area contributed by atoms with Gasteiger partial charge in [0.05, 0.1) is 7.11 Å². The summed E-state index contributed by atoms with van der Waals surface area (Å²) >= 11 is 3.44. The van der Waals surface area contributed by atoms with Gasteiger partial charge in [-0.2, -0.15) is 5.10 Å². The fourth-order valence-corrected chi connectivity index (χ4v) is 3.68. The molecule has 0 radical (unpaired) electrons. The van der Waals surface area contributed by atoms with Crippen LogP contribution in [0.1, 0.15) is 29.8 Å². The highest BCUT2D eigenvalue weighted by Crippen LogP contribution is 2.30. The molecule has 2 fully saturated rings. The SMILES string of the molecule is COc1c(Br)c(C(=O)N2CCCN(CC3CC3)CC2)nn1C. The number of ether oxygens (including phenoxy) is 1. The molecule has 2 aliphatic rings. The number of carbonyl (C=O) groups excluding carboxylic acids is 1. The lowest BCUT2D eigenvalue weighted by molar-refractivity contribution is 0.0753. The van der Waals surface area contributed by atoms with Crippen molar-refractivity contribution in [1.82, 2.24) is 19.6 Å². The number of hydrogen-bond donors (Lipinski definition) is 0. The second-order valence-electron chi connectivity index (χ2n) is 6.19. The summed E-state index contributed by atoms with van der Waals surface area (Å²) in [5.41, 5.74) is 0.440. The van der Waals surface area contributed by atoms with Gasteiger partial charge in [0.1, 0.15) is 4.47 Å². The molecule has 0 unspecified atom stereocenters. The molecular formula is C15H23BrN4O2. The van der Waals surface area contributed by atoms with Crippen LogP contribution in [0.25, 0.3) is 0 Å². The number of rotatable bonds is 4. The first-order chi connectivity index (χ1) is 10.6. The van der Waals surface area contributed by atoms with Crippen molar-refractivity contribution in [2.24, 2.45) is 13.0 Å². The summed E-state index contributed by atoms with van der Waals surface area (Å²) in [6.45, 7) is 4.82. The molecule has 0 aromatic carbocycles. The highest BCUT2D eigenvalue weighted by Gasteiger charge is 2.29. The van der Waals surface area contributed by atoms with E-state index in [1.807, 2.05) is 4.90 Å². The van der Waals surface area contributed by atoms with Gasteiger partial charge in [-0.15, -0.1) is 0 Å². The zero-order valence-corrected chi connectivity index (χ0v) is 14.8. The molecule has 2 heterocycles. The van der Waals surface area contributed by atoms with Gasteiger partial charge in [0.15, 0.2) is 5.69 Å². The maximum Gasteiger partial charge on any atom is 0.275 e. The molecule has 0 N–H and O–H groups in total. The van der Waals surface area contributed by atoms with Crippen LogP contribution in [-0.2, 0) is 7.05 Å². The van der Waals surface area contributed by atoms with Crippen LogP contribution in [-0.4, -0.2) is 65.3 Å². The normalized spacial score (nSPS) is 20.0. The second kappa shape index (κ2) is 6.58. The number of carbonyl (C=O) groups is 1. The zero-order chi connectivity index (χ0) is 15.7. The quantitative estimate of drug-likeness (QED) is 0.809. The fraction of sp³-hybridized carbons (Fsp3) is 0.733. The Labute approximate surface area is 139 Å². The lowest BCUT2D eigenvalue weighted by atomic mass is 10.3. The van der Waals surface area contributed by atoms with Gasteiger partial charge in [-0.1, -0.05) is 0 Å². The molecule has 6 nitrogen and oxygen atoms in total. The summed E-state index contributed by atoms with van der Waals surface area (Å²) in [5, 5.41) is 4.30. The van der Waals surface area contributed by atoms with Gasteiger partial charge in [-0.05, 0) is 47.7 Å². The maximum absolute atomic E-state index is 12.7. The van der Waals surface area contributed by atoms with Gasteiger partial charge < -0.3 is 14.5 Å². The summed E-state index contributed by atoms with van der Waals surface area (Å²) in [6.07, 6.45) is 3.78. The Kier molecular flexibility index (Phi) is 4.73. The Morgan fingerprint density at radius 3 is 2.73 bits per heavy atom. The van der Waals surface area contributed by atoms with Gasteiger partial charge in [-0.25, -0.2) is 4.68 Å². The average molecular weight is 371 g/mol. The molecule has 1 aromatic heterocycles. The summed E-state index contributed by atoms with van der Waals surface area (Å²) in [7, 11) is 3.36. The first-order valence-electron chi connectivity index (χ1n) is 7.88. The molecule has 1 amide bonds. The smallest absolute Gasteiger partial charge is 0.275 e. The molecule has 1 aliphatic heterocycles. The van der Waals surface area contributed by atoms with E-state index in [0.717, 1.165) is 38.5 Å². The minimum Gasteiger partial charge on any atom is -0.480 e. The predicted octanol–water partition coefficient (Wildman–Crippen LogP) is 1.75. The molecule has 22 heavy (non-hydrogen) atoms. The standard InChI is InChI=1S/C15H23BrN4O2/c1-18-15(22-2)12(16)13(17-18)14(21)20-7-3-6-19(8-9-20)10-11-4-5-11/h11H,3-10H2,1-2H3. The number of methoxy groups -OCH3 is 1. The summed E-state index contributed by atoms with van der Waals surface area (Å²) in [4.78, 5) is 17.2. The van der Waals surface area contributed by atoms with Gasteiger partial charge in [0, 0.05) is 33.2 Å². The van der Waals surface area contributed by atoms with E-state index in [1.54, 1.807) is 18.8 Å². The Bertz CT molecular complexity index is 556. The first kappa shape index (κ1) is 15.8. The lowest BCUT2D eigenvalue weighted by Gasteiger charge is -2.21. The highest BCUT2D eigenvalue weighted by atomic mass is 79.9. The van der Waals surface area contributed by atoms with Crippen molar-refractivity contribution < 1.29 is 9.53 Å². The van der Waals surface area contributed by atoms with E-state index in [1.165, 1.54) is 19.4 Å². The number of hydrogen-bond acceptors (Lipinski definition) is 4. The van der Waals surface area contributed by atoms with Crippen molar-refractivity contribution in [3.05, 3.63) is 10.2 Å². The monoisotopic (exact) mass is 370 g/mol. The van der Waals surface area contributed by atoms with Crippen LogP contribution in [0, 0.1) is 5.92 Å². The first-order valence-corrected chi connectivity index (χ1v) is 8.67. The third-order valence-electron chi connectivity index (χ3n) is 4.42. The van der Waals surface area contributed by atoms with E-state index < -0.39 is 0 Å². The third kappa shape index (κ3) is 3.30. The van der Waals surface area contributed by atoms with Gasteiger partial charge in [0.25, 0.3) is 5.91 Å². The lowest BCUT2D eigenvalue weighted by Crippen LogP contribution is -2.36. The van der Waals surface area contributed by atoms with Crippen LogP contribution in [0.5, 0.6) is 5.88 Å². The number of aromatic nitrogens is 2. The van der Waals surface area contributed by atoms with Crippen LogP contribution in [0.4, 0.5) is 0 Å². The maximum atomic E-state index is 12.7. The van der Waals surface area contributed by atoms with E-state index in [-0.39, 0.29) is 5.91 Å². The van der Waals surface area contributed by atoms with Crippen molar-refractivity contribution in [3.63, 3.8) is 0 Å². The van der Waals surface area contributed by atoms with E-state index in [4.69, 9.17) is 4.74 Å². The van der Waals surface area contributed by atoms with Crippen molar-refractivity contribution in [3.8, 4) is 5.88 Å². The van der Waals surface area contributed by atoms with Crippen molar-refractivity contribution >= 4 is 21.8 Å². The largest absolute Gasteiger partial charge is 0.480 e. The molecule has 122 valence electrons. The number of nitrogens with zero attached hydrogens (tertiary/aromatic N) is 4. The van der Waals surface area contributed by atoms with Gasteiger partial charge >= 0.3 is 0 Å². The van der Waals surface area contributed by atoms with Crippen LogP contribution in [0.15, 0.2) is 4.47 Å². The van der Waals surface area contributed by atoms with Crippen molar-refractivity contribution in [2.45, 2.75) is 19.3 Å². The van der Waals surface area contributed by atoms with E-state index >= 15 is 0 Å². The number of amides is 1. The summed E-state index contributed by atoms with van der Waals surface area (Å²) in [6, 6.07) is 0. The van der Waals surface area contributed by atoms with Crippen LogP contribution in [0.3, 0.4) is 0 Å².